The second kappa shape index (κ2) is 7.42. The van der Waals surface area contributed by atoms with Crippen molar-refractivity contribution in [3.8, 4) is 17.2 Å². The van der Waals surface area contributed by atoms with Gasteiger partial charge in [-0.25, -0.2) is 0 Å². The van der Waals surface area contributed by atoms with Gasteiger partial charge in [-0.2, -0.15) is 5.10 Å². The molecule has 104 valence electrons. The molecule has 0 atom stereocenters. The van der Waals surface area contributed by atoms with Gasteiger partial charge in [0.05, 0.1) is 27.5 Å². The summed E-state index contributed by atoms with van der Waals surface area (Å²) in [5.41, 5.74) is 3.45. The van der Waals surface area contributed by atoms with E-state index in [0.717, 1.165) is 5.56 Å². The number of ether oxygens (including phenoxy) is 3. The molecule has 0 heterocycles. The van der Waals surface area contributed by atoms with Crippen molar-refractivity contribution in [2.45, 2.75) is 0 Å². The molecule has 0 aliphatic heterocycles. The maximum Gasteiger partial charge on any atom is 0.203 e. The number of hydrogen-bond acceptors (Lipinski definition) is 5. The molecule has 1 aromatic rings. The third-order valence-electron chi connectivity index (χ3n) is 2.29. The van der Waals surface area contributed by atoms with Crippen LogP contribution in [0.2, 0.25) is 0 Å². The van der Waals surface area contributed by atoms with Crippen molar-refractivity contribution < 1.29 is 14.2 Å². The fourth-order valence-electron chi connectivity index (χ4n) is 1.40. The summed E-state index contributed by atoms with van der Waals surface area (Å²) in [7, 11) is 6.39. The number of benzene rings is 1. The molecule has 0 fully saturated rings. The first-order valence-electron chi connectivity index (χ1n) is 5.47. The number of nitrogens with zero attached hydrogens (tertiary/aromatic N) is 1. The highest BCUT2D eigenvalue weighted by Crippen LogP contribution is 2.37. The van der Waals surface area contributed by atoms with Crippen molar-refractivity contribution in [3.63, 3.8) is 0 Å². The molecule has 0 aliphatic rings. The summed E-state index contributed by atoms with van der Waals surface area (Å²) in [5, 5.41) is 7.17. The Balaban J connectivity index is 2.99. The number of hydrogen-bond donors (Lipinski definition) is 2. The molecule has 7 heteroatoms. The molecule has 2 N–H and O–H groups in total. The Bertz CT molecular complexity index is 452. The average Bonchev–Trinajstić information content (AvgIpc) is 2.45. The summed E-state index contributed by atoms with van der Waals surface area (Å²) in [6, 6.07) is 3.57. The first-order chi connectivity index (χ1) is 9.15. The Labute approximate surface area is 117 Å². The minimum atomic E-state index is 0.434. The fraction of sp³-hybridized carbons (Fsp3) is 0.333. The molecule has 0 saturated heterocycles. The van der Waals surface area contributed by atoms with Crippen LogP contribution in [0.15, 0.2) is 17.2 Å². The molecular weight excluding hydrogens is 266 g/mol. The van der Waals surface area contributed by atoms with E-state index in [2.05, 4.69) is 15.8 Å². The molecule has 6 nitrogen and oxygen atoms in total. The highest BCUT2D eigenvalue weighted by Gasteiger charge is 2.12. The number of nitrogens with one attached hydrogen (secondary N) is 2. The summed E-state index contributed by atoms with van der Waals surface area (Å²) < 4.78 is 15.7. The lowest BCUT2D eigenvalue weighted by molar-refractivity contribution is 0.324. The predicted octanol–water partition coefficient (Wildman–Crippen LogP) is 1.14. The van der Waals surface area contributed by atoms with Crippen LogP contribution in [-0.4, -0.2) is 39.7 Å². The Hall–Kier alpha value is -2.02. The van der Waals surface area contributed by atoms with Gasteiger partial charge >= 0.3 is 0 Å². The number of thiocarbonyl (C=S) groups is 1. The molecule has 0 saturated carbocycles. The quantitative estimate of drug-likeness (QED) is 0.480. The molecule has 0 bridgehead atoms. The van der Waals surface area contributed by atoms with E-state index in [4.69, 9.17) is 26.4 Å². The maximum atomic E-state index is 5.24. The van der Waals surface area contributed by atoms with Crippen molar-refractivity contribution in [2.24, 2.45) is 5.10 Å². The van der Waals surface area contributed by atoms with Crippen molar-refractivity contribution in [1.82, 2.24) is 10.7 Å². The highest BCUT2D eigenvalue weighted by molar-refractivity contribution is 7.80. The van der Waals surface area contributed by atoms with E-state index in [1.54, 1.807) is 46.7 Å². The van der Waals surface area contributed by atoms with Crippen LogP contribution in [0.25, 0.3) is 0 Å². The molecule has 0 aromatic heterocycles. The van der Waals surface area contributed by atoms with Gasteiger partial charge in [0.1, 0.15) is 0 Å². The Morgan fingerprint density at radius 2 is 1.74 bits per heavy atom. The van der Waals surface area contributed by atoms with E-state index >= 15 is 0 Å². The van der Waals surface area contributed by atoms with Gasteiger partial charge in [0.25, 0.3) is 0 Å². The second-order valence-corrected chi connectivity index (χ2v) is 3.82. The smallest absolute Gasteiger partial charge is 0.203 e. The molecular formula is C12H17N3O3S. The molecule has 0 aliphatic carbocycles. The third-order valence-corrected chi connectivity index (χ3v) is 2.59. The SMILES string of the molecule is CNC(=S)N/N=C/c1cc(OC)c(OC)c(OC)c1. The van der Waals surface area contributed by atoms with E-state index in [1.807, 2.05) is 0 Å². The summed E-state index contributed by atoms with van der Waals surface area (Å²) in [6.07, 6.45) is 1.61. The van der Waals surface area contributed by atoms with Crippen LogP contribution in [0.3, 0.4) is 0 Å². The van der Waals surface area contributed by atoms with Crippen LogP contribution in [-0.2, 0) is 0 Å². The normalized spacial score (nSPS) is 10.1. The number of methoxy groups -OCH3 is 3. The van der Waals surface area contributed by atoms with Gasteiger partial charge in [0.2, 0.25) is 5.75 Å². The molecule has 1 rings (SSSR count). The molecule has 19 heavy (non-hydrogen) atoms. The standard InChI is InChI=1S/C12H17N3O3S/c1-13-12(19)15-14-7-8-5-9(16-2)11(18-4)10(6-8)17-3/h5-7H,1-4H3,(H2,13,15,19)/b14-7+. The second-order valence-electron chi connectivity index (χ2n) is 3.41. The van der Waals surface area contributed by atoms with E-state index < -0.39 is 0 Å². The summed E-state index contributed by atoms with van der Waals surface area (Å²) in [4.78, 5) is 0. The lowest BCUT2D eigenvalue weighted by Crippen LogP contribution is -2.28. The van der Waals surface area contributed by atoms with Crippen molar-refractivity contribution in [1.29, 1.82) is 0 Å². The molecule has 1 aromatic carbocycles. The van der Waals surface area contributed by atoms with Crippen LogP contribution in [0.5, 0.6) is 17.2 Å². The van der Waals surface area contributed by atoms with Crippen LogP contribution in [0.1, 0.15) is 5.56 Å². The lowest BCUT2D eigenvalue weighted by Gasteiger charge is -2.12. The Kier molecular flexibility index (Phi) is 5.87. The first kappa shape index (κ1) is 15.0. The fourth-order valence-corrected chi connectivity index (χ4v) is 1.45. The van der Waals surface area contributed by atoms with Crippen molar-refractivity contribution in [2.75, 3.05) is 28.4 Å². The highest BCUT2D eigenvalue weighted by atomic mass is 32.1. The monoisotopic (exact) mass is 283 g/mol. The van der Waals surface area contributed by atoms with Gasteiger partial charge in [-0.1, -0.05) is 0 Å². The minimum Gasteiger partial charge on any atom is -0.493 e. The van der Waals surface area contributed by atoms with Crippen LogP contribution >= 0.6 is 12.2 Å². The van der Waals surface area contributed by atoms with Crippen LogP contribution in [0, 0.1) is 0 Å². The zero-order valence-corrected chi connectivity index (χ0v) is 12.1. The van der Waals surface area contributed by atoms with Crippen molar-refractivity contribution >= 4 is 23.5 Å². The van der Waals surface area contributed by atoms with Gasteiger partial charge in [-0.3, -0.25) is 5.43 Å². The first-order valence-corrected chi connectivity index (χ1v) is 5.87. The van der Waals surface area contributed by atoms with Gasteiger partial charge in [-0.05, 0) is 24.4 Å². The van der Waals surface area contributed by atoms with Crippen LogP contribution in [0.4, 0.5) is 0 Å². The third kappa shape index (κ3) is 3.99. The molecule has 0 amide bonds. The molecule has 0 unspecified atom stereocenters. The van der Waals surface area contributed by atoms with Gasteiger partial charge in [0.15, 0.2) is 16.6 Å². The Morgan fingerprint density at radius 1 is 1.16 bits per heavy atom. The summed E-state index contributed by atoms with van der Waals surface area (Å²) in [5.74, 6) is 1.68. The van der Waals surface area contributed by atoms with E-state index in [1.165, 1.54) is 0 Å². The topological polar surface area (TPSA) is 64.1 Å². The summed E-state index contributed by atoms with van der Waals surface area (Å²) in [6.45, 7) is 0. The zero-order chi connectivity index (χ0) is 14.3. The molecule has 0 radical (unpaired) electrons. The van der Waals surface area contributed by atoms with E-state index in [0.29, 0.717) is 22.4 Å². The predicted molar refractivity (Wildman–Crippen MR) is 78.5 cm³/mol. The van der Waals surface area contributed by atoms with E-state index in [-0.39, 0.29) is 0 Å². The number of rotatable bonds is 5. The van der Waals surface area contributed by atoms with E-state index in [9.17, 15) is 0 Å². The lowest BCUT2D eigenvalue weighted by atomic mass is 10.2. The number of hydrazone groups is 1. The largest absolute Gasteiger partial charge is 0.493 e. The van der Waals surface area contributed by atoms with Gasteiger partial charge < -0.3 is 19.5 Å². The van der Waals surface area contributed by atoms with Gasteiger partial charge in [0, 0.05) is 12.6 Å². The summed E-state index contributed by atoms with van der Waals surface area (Å²) >= 11 is 4.90. The maximum absolute atomic E-state index is 5.24. The van der Waals surface area contributed by atoms with Crippen LogP contribution < -0.4 is 25.0 Å². The van der Waals surface area contributed by atoms with Gasteiger partial charge in [-0.15, -0.1) is 0 Å². The average molecular weight is 283 g/mol. The molecule has 0 spiro atoms. The van der Waals surface area contributed by atoms with Crippen molar-refractivity contribution in [3.05, 3.63) is 17.7 Å². The zero-order valence-electron chi connectivity index (χ0n) is 11.3. The Morgan fingerprint density at radius 3 is 2.16 bits per heavy atom. The minimum absolute atomic E-state index is 0.434.